The van der Waals surface area contributed by atoms with E-state index in [-0.39, 0.29) is 0 Å². The van der Waals surface area contributed by atoms with E-state index in [0.717, 1.165) is 35.4 Å². The van der Waals surface area contributed by atoms with E-state index >= 15 is 0 Å². The third-order valence-corrected chi connectivity index (χ3v) is 3.07. The molecule has 0 fully saturated rings. The molecule has 0 unspecified atom stereocenters. The van der Waals surface area contributed by atoms with Crippen molar-refractivity contribution in [2.24, 2.45) is 0 Å². The Morgan fingerprint density at radius 1 is 0.944 bits per heavy atom. The second-order valence-electron chi connectivity index (χ2n) is 4.44. The Morgan fingerprint density at radius 3 is 2.50 bits per heavy atom. The Hall–Kier alpha value is -2.29. The highest BCUT2D eigenvalue weighted by molar-refractivity contribution is 5.74. The van der Waals surface area contributed by atoms with Crippen LogP contribution < -0.4 is 5.73 Å². The molecule has 18 heavy (non-hydrogen) atoms. The maximum Gasteiger partial charge on any atom is 0.107 e. The molecule has 3 rings (SSSR count). The lowest BCUT2D eigenvalue weighted by molar-refractivity contribution is 0.890. The normalized spacial score (nSPS) is 10.9. The van der Waals surface area contributed by atoms with Gasteiger partial charge in [-0.1, -0.05) is 24.3 Å². The lowest BCUT2D eigenvalue weighted by Gasteiger charge is -1.99. The summed E-state index contributed by atoms with van der Waals surface area (Å²) >= 11 is 0. The van der Waals surface area contributed by atoms with E-state index < -0.39 is 0 Å². The summed E-state index contributed by atoms with van der Waals surface area (Å²) in [4.78, 5) is 7.91. The first kappa shape index (κ1) is 10.8. The molecule has 0 radical (unpaired) electrons. The monoisotopic (exact) mass is 237 g/mol. The van der Waals surface area contributed by atoms with Crippen LogP contribution in [-0.2, 0) is 12.8 Å². The van der Waals surface area contributed by atoms with Crippen molar-refractivity contribution < 1.29 is 0 Å². The number of aryl methyl sites for hydroxylation is 2. The second-order valence-corrected chi connectivity index (χ2v) is 4.44. The molecule has 0 aliphatic rings. The van der Waals surface area contributed by atoms with Crippen LogP contribution in [-0.4, -0.2) is 9.97 Å². The predicted octanol–water partition coefficient (Wildman–Crippen LogP) is 2.93. The zero-order chi connectivity index (χ0) is 12.4. The van der Waals surface area contributed by atoms with Gasteiger partial charge in [0.05, 0.1) is 11.0 Å². The van der Waals surface area contributed by atoms with Crippen molar-refractivity contribution in [3.05, 3.63) is 59.9 Å². The van der Waals surface area contributed by atoms with Gasteiger partial charge in [-0.15, -0.1) is 0 Å². The molecule has 3 heteroatoms. The summed E-state index contributed by atoms with van der Waals surface area (Å²) in [6.07, 6.45) is 1.89. The number of fused-ring (bicyclic) bond motifs is 1. The fraction of sp³-hybridized carbons (Fsp3) is 0.133. The van der Waals surface area contributed by atoms with E-state index in [1.165, 1.54) is 5.56 Å². The van der Waals surface area contributed by atoms with Gasteiger partial charge < -0.3 is 10.7 Å². The lowest BCUT2D eigenvalue weighted by atomic mass is 10.1. The van der Waals surface area contributed by atoms with Gasteiger partial charge in [0, 0.05) is 12.1 Å². The number of aromatic amines is 1. The minimum absolute atomic E-state index is 0.808. The molecule has 90 valence electrons. The van der Waals surface area contributed by atoms with Crippen molar-refractivity contribution in [1.82, 2.24) is 9.97 Å². The number of para-hydroxylation sites is 2. The van der Waals surface area contributed by atoms with Crippen LogP contribution in [0.3, 0.4) is 0 Å². The van der Waals surface area contributed by atoms with E-state index in [0.29, 0.717) is 0 Å². The molecule has 3 aromatic rings. The van der Waals surface area contributed by atoms with E-state index in [4.69, 9.17) is 5.73 Å². The summed E-state index contributed by atoms with van der Waals surface area (Å²) in [5, 5.41) is 0. The number of nitrogens with zero attached hydrogens (tertiary/aromatic N) is 1. The van der Waals surface area contributed by atoms with Crippen LogP contribution in [0, 0.1) is 0 Å². The number of rotatable bonds is 3. The molecule has 1 heterocycles. The van der Waals surface area contributed by atoms with Crippen LogP contribution >= 0.6 is 0 Å². The van der Waals surface area contributed by atoms with Crippen molar-refractivity contribution in [1.29, 1.82) is 0 Å². The number of imidazole rings is 1. The first-order chi connectivity index (χ1) is 8.81. The number of nitrogens with two attached hydrogens (primary N) is 1. The molecule has 0 bridgehead atoms. The molecule has 0 saturated heterocycles. The van der Waals surface area contributed by atoms with Gasteiger partial charge in [-0.25, -0.2) is 4.98 Å². The van der Waals surface area contributed by atoms with Gasteiger partial charge in [0.2, 0.25) is 0 Å². The highest BCUT2D eigenvalue weighted by Gasteiger charge is 2.02. The third kappa shape index (κ3) is 2.20. The van der Waals surface area contributed by atoms with Gasteiger partial charge in [-0.2, -0.15) is 0 Å². The van der Waals surface area contributed by atoms with Gasteiger partial charge in [0.25, 0.3) is 0 Å². The number of H-pyrrole nitrogens is 1. The SMILES string of the molecule is Nc1ccc(CCc2nc3ccccc3[nH]2)cc1. The standard InChI is InChI=1S/C15H15N3/c16-12-8-5-11(6-9-12)7-10-15-17-13-3-1-2-4-14(13)18-15/h1-6,8-9H,7,10,16H2,(H,17,18). The van der Waals surface area contributed by atoms with Gasteiger partial charge in [-0.3, -0.25) is 0 Å². The molecule has 0 aliphatic carbocycles. The largest absolute Gasteiger partial charge is 0.399 e. The van der Waals surface area contributed by atoms with E-state index in [9.17, 15) is 0 Å². The Morgan fingerprint density at radius 2 is 1.72 bits per heavy atom. The summed E-state index contributed by atoms with van der Waals surface area (Å²) < 4.78 is 0. The topological polar surface area (TPSA) is 54.7 Å². The molecular formula is C15H15N3. The molecule has 3 N–H and O–H groups in total. The smallest absolute Gasteiger partial charge is 0.107 e. The number of nitrogen functional groups attached to an aromatic ring is 1. The summed E-state index contributed by atoms with van der Waals surface area (Å²) in [6.45, 7) is 0. The fourth-order valence-corrected chi connectivity index (χ4v) is 2.07. The third-order valence-electron chi connectivity index (χ3n) is 3.07. The Labute approximate surface area is 106 Å². The second kappa shape index (κ2) is 4.53. The molecule has 3 nitrogen and oxygen atoms in total. The molecule has 0 saturated carbocycles. The van der Waals surface area contributed by atoms with Crippen LogP contribution in [0.25, 0.3) is 11.0 Å². The first-order valence-electron chi connectivity index (χ1n) is 6.09. The number of hydrogen-bond donors (Lipinski definition) is 2. The lowest BCUT2D eigenvalue weighted by Crippen LogP contribution is -1.94. The van der Waals surface area contributed by atoms with Gasteiger partial charge >= 0.3 is 0 Å². The van der Waals surface area contributed by atoms with Gasteiger partial charge in [0.1, 0.15) is 5.82 Å². The molecule has 2 aromatic carbocycles. The summed E-state index contributed by atoms with van der Waals surface area (Å²) in [5.74, 6) is 1.04. The number of nitrogens with one attached hydrogen (secondary N) is 1. The molecular weight excluding hydrogens is 222 g/mol. The molecule has 1 aromatic heterocycles. The quantitative estimate of drug-likeness (QED) is 0.688. The Balaban J connectivity index is 1.74. The maximum absolute atomic E-state index is 5.67. The van der Waals surface area contributed by atoms with Crippen molar-refractivity contribution in [2.45, 2.75) is 12.8 Å². The average molecular weight is 237 g/mol. The Bertz CT molecular complexity index is 620. The summed E-state index contributed by atoms with van der Waals surface area (Å²) in [5.41, 5.74) is 9.89. The van der Waals surface area contributed by atoms with Gasteiger partial charge in [-0.05, 0) is 36.2 Å². The number of benzene rings is 2. The number of hydrogen-bond acceptors (Lipinski definition) is 2. The van der Waals surface area contributed by atoms with E-state index in [1.54, 1.807) is 0 Å². The Kier molecular flexibility index (Phi) is 2.73. The van der Waals surface area contributed by atoms with Crippen LogP contribution in [0.1, 0.15) is 11.4 Å². The number of anilines is 1. The first-order valence-corrected chi connectivity index (χ1v) is 6.09. The highest BCUT2D eigenvalue weighted by atomic mass is 14.9. The summed E-state index contributed by atoms with van der Waals surface area (Å²) in [6, 6.07) is 16.1. The fourth-order valence-electron chi connectivity index (χ4n) is 2.07. The van der Waals surface area contributed by atoms with Crippen molar-refractivity contribution in [3.8, 4) is 0 Å². The zero-order valence-electron chi connectivity index (χ0n) is 10.1. The predicted molar refractivity (Wildman–Crippen MR) is 74.4 cm³/mol. The van der Waals surface area contributed by atoms with E-state index in [1.807, 2.05) is 30.3 Å². The molecule has 0 spiro atoms. The molecule has 0 aliphatic heterocycles. The van der Waals surface area contributed by atoms with Crippen LogP contribution in [0.4, 0.5) is 5.69 Å². The van der Waals surface area contributed by atoms with Crippen LogP contribution in [0.2, 0.25) is 0 Å². The average Bonchev–Trinajstić information content (AvgIpc) is 2.81. The van der Waals surface area contributed by atoms with Crippen molar-refractivity contribution in [3.63, 3.8) is 0 Å². The molecule has 0 amide bonds. The minimum atomic E-state index is 0.808. The van der Waals surface area contributed by atoms with Crippen LogP contribution in [0.15, 0.2) is 48.5 Å². The number of aromatic nitrogens is 2. The summed E-state index contributed by atoms with van der Waals surface area (Å²) in [7, 11) is 0. The maximum atomic E-state index is 5.67. The molecule has 0 atom stereocenters. The zero-order valence-corrected chi connectivity index (χ0v) is 10.1. The van der Waals surface area contributed by atoms with Gasteiger partial charge in [0.15, 0.2) is 0 Å². The van der Waals surface area contributed by atoms with Crippen molar-refractivity contribution >= 4 is 16.7 Å². The van der Waals surface area contributed by atoms with Crippen molar-refractivity contribution in [2.75, 3.05) is 5.73 Å². The van der Waals surface area contributed by atoms with Crippen LogP contribution in [0.5, 0.6) is 0 Å². The van der Waals surface area contributed by atoms with E-state index in [2.05, 4.69) is 28.2 Å². The minimum Gasteiger partial charge on any atom is -0.399 e. The highest BCUT2D eigenvalue weighted by Crippen LogP contribution is 2.13.